The van der Waals surface area contributed by atoms with Gasteiger partial charge in [0.25, 0.3) is 5.56 Å². The van der Waals surface area contributed by atoms with Gasteiger partial charge in [-0.3, -0.25) is 4.79 Å². The van der Waals surface area contributed by atoms with Crippen molar-refractivity contribution in [1.82, 2.24) is 19.8 Å². The third kappa shape index (κ3) is 1.52. The molecule has 3 aromatic rings. The Morgan fingerprint density at radius 1 is 1.24 bits per heavy atom. The van der Waals surface area contributed by atoms with Crippen molar-refractivity contribution in [3.63, 3.8) is 0 Å². The zero-order valence-electron chi connectivity index (χ0n) is 9.21. The van der Waals surface area contributed by atoms with Crippen molar-refractivity contribution in [2.75, 3.05) is 0 Å². The fraction of sp³-hybridized carbons (Fsp3) is 0.0833. The van der Waals surface area contributed by atoms with Gasteiger partial charge < -0.3 is 4.98 Å². The van der Waals surface area contributed by atoms with E-state index >= 15 is 0 Å². The molecule has 0 bridgehead atoms. The zero-order chi connectivity index (χ0) is 11.8. The SMILES string of the molecule is Cc1cc(=O)n2nnc(-c3ccccc3)c2[nH]1. The molecule has 0 amide bonds. The summed E-state index contributed by atoms with van der Waals surface area (Å²) in [6.45, 7) is 1.84. The molecule has 5 nitrogen and oxygen atoms in total. The van der Waals surface area contributed by atoms with Crippen LogP contribution in [0, 0.1) is 6.92 Å². The number of hydrogen-bond acceptors (Lipinski definition) is 3. The smallest absolute Gasteiger partial charge is 0.275 e. The van der Waals surface area contributed by atoms with E-state index in [4.69, 9.17) is 0 Å². The average molecular weight is 226 g/mol. The Balaban J connectivity index is 2.36. The molecule has 0 atom stereocenters. The Kier molecular flexibility index (Phi) is 2.04. The number of aromatic amines is 1. The molecule has 0 radical (unpaired) electrons. The summed E-state index contributed by atoms with van der Waals surface area (Å²) in [4.78, 5) is 14.8. The maximum absolute atomic E-state index is 11.7. The van der Waals surface area contributed by atoms with Crippen LogP contribution in [0.4, 0.5) is 0 Å². The van der Waals surface area contributed by atoms with E-state index < -0.39 is 0 Å². The number of aromatic nitrogens is 4. The van der Waals surface area contributed by atoms with E-state index in [0.717, 1.165) is 11.3 Å². The van der Waals surface area contributed by atoms with Gasteiger partial charge in [-0.05, 0) is 6.92 Å². The van der Waals surface area contributed by atoms with Gasteiger partial charge in [-0.1, -0.05) is 35.5 Å². The highest BCUT2D eigenvalue weighted by Crippen LogP contribution is 2.19. The second-order valence-electron chi connectivity index (χ2n) is 3.86. The van der Waals surface area contributed by atoms with Crippen molar-refractivity contribution in [2.24, 2.45) is 0 Å². The minimum absolute atomic E-state index is 0.175. The first-order valence-electron chi connectivity index (χ1n) is 5.26. The van der Waals surface area contributed by atoms with Gasteiger partial charge >= 0.3 is 0 Å². The molecule has 5 heteroatoms. The number of nitrogens with zero attached hydrogens (tertiary/aromatic N) is 3. The Morgan fingerprint density at radius 2 is 2.00 bits per heavy atom. The lowest BCUT2D eigenvalue weighted by Gasteiger charge is -1.98. The monoisotopic (exact) mass is 226 g/mol. The molecule has 0 unspecified atom stereocenters. The number of H-pyrrole nitrogens is 1. The summed E-state index contributed by atoms with van der Waals surface area (Å²) in [6, 6.07) is 11.2. The number of hydrogen-bond donors (Lipinski definition) is 1. The maximum atomic E-state index is 11.7. The molecule has 3 rings (SSSR count). The van der Waals surface area contributed by atoms with Gasteiger partial charge in [-0.15, -0.1) is 5.10 Å². The first-order chi connectivity index (χ1) is 8.25. The van der Waals surface area contributed by atoms with Crippen molar-refractivity contribution in [2.45, 2.75) is 6.92 Å². The second kappa shape index (κ2) is 3.55. The van der Waals surface area contributed by atoms with Gasteiger partial charge in [-0.25, -0.2) is 0 Å². The van der Waals surface area contributed by atoms with Crippen molar-refractivity contribution in [3.8, 4) is 11.3 Å². The molecular formula is C12H10N4O. The number of rotatable bonds is 1. The molecule has 1 N–H and O–H groups in total. The van der Waals surface area contributed by atoms with Crippen LogP contribution < -0.4 is 5.56 Å². The molecule has 0 saturated heterocycles. The van der Waals surface area contributed by atoms with E-state index in [1.54, 1.807) is 0 Å². The lowest BCUT2D eigenvalue weighted by atomic mass is 10.2. The molecule has 0 aliphatic heterocycles. The largest absolute Gasteiger partial charge is 0.342 e. The van der Waals surface area contributed by atoms with Crippen molar-refractivity contribution >= 4 is 5.65 Å². The van der Waals surface area contributed by atoms with Crippen molar-refractivity contribution in [3.05, 3.63) is 52.4 Å². The van der Waals surface area contributed by atoms with Crippen LogP contribution in [0.15, 0.2) is 41.2 Å². The molecule has 1 aromatic carbocycles. The summed E-state index contributed by atoms with van der Waals surface area (Å²) in [5.74, 6) is 0. The Labute approximate surface area is 96.7 Å². The van der Waals surface area contributed by atoms with E-state index in [1.807, 2.05) is 37.3 Å². The van der Waals surface area contributed by atoms with E-state index in [9.17, 15) is 4.79 Å². The summed E-state index contributed by atoms with van der Waals surface area (Å²) in [5.41, 5.74) is 2.87. The molecule has 0 spiro atoms. The third-order valence-corrected chi connectivity index (χ3v) is 2.58. The fourth-order valence-electron chi connectivity index (χ4n) is 1.81. The molecular weight excluding hydrogens is 216 g/mol. The number of benzene rings is 1. The summed E-state index contributed by atoms with van der Waals surface area (Å²) in [6.07, 6.45) is 0. The zero-order valence-corrected chi connectivity index (χ0v) is 9.21. The minimum Gasteiger partial charge on any atom is -0.342 e. The van der Waals surface area contributed by atoms with Gasteiger partial charge in [-0.2, -0.15) is 4.52 Å². The van der Waals surface area contributed by atoms with Gasteiger partial charge in [0, 0.05) is 17.3 Å². The van der Waals surface area contributed by atoms with E-state index in [-0.39, 0.29) is 5.56 Å². The van der Waals surface area contributed by atoms with Gasteiger partial charge in [0.1, 0.15) is 5.69 Å². The van der Waals surface area contributed by atoms with Gasteiger partial charge in [0.15, 0.2) is 5.65 Å². The quantitative estimate of drug-likeness (QED) is 0.682. The van der Waals surface area contributed by atoms with Crippen molar-refractivity contribution in [1.29, 1.82) is 0 Å². The maximum Gasteiger partial charge on any atom is 0.275 e. The molecule has 0 fully saturated rings. The normalized spacial score (nSPS) is 10.9. The summed E-state index contributed by atoms with van der Waals surface area (Å²) in [5, 5.41) is 7.91. The first-order valence-corrected chi connectivity index (χ1v) is 5.26. The predicted octanol–water partition coefficient (Wildman–Crippen LogP) is 1.39. The van der Waals surface area contributed by atoms with Crippen LogP contribution in [-0.4, -0.2) is 19.8 Å². The molecule has 84 valence electrons. The third-order valence-electron chi connectivity index (χ3n) is 2.58. The van der Waals surface area contributed by atoms with Gasteiger partial charge in [0.2, 0.25) is 0 Å². The average Bonchev–Trinajstić information content (AvgIpc) is 2.74. The van der Waals surface area contributed by atoms with Crippen LogP contribution in [0.1, 0.15) is 5.69 Å². The summed E-state index contributed by atoms with van der Waals surface area (Å²) in [7, 11) is 0. The van der Waals surface area contributed by atoms with Crippen LogP contribution in [0.25, 0.3) is 16.9 Å². The van der Waals surface area contributed by atoms with Crippen molar-refractivity contribution < 1.29 is 0 Å². The van der Waals surface area contributed by atoms with Crippen LogP contribution in [0.2, 0.25) is 0 Å². The summed E-state index contributed by atoms with van der Waals surface area (Å²) < 4.78 is 1.27. The van der Waals surface area contributed by atoms with Crippen LogP contribution in [0.5, 0.6) is 0 Å². The molecule has 2 aromatic heterocycles. The number of fused-ring (bicyclic) bond motifs is 1. The van der Waals surface area contributed by atoms with Crippen LogP contribution in [-0.2, 0) is 0 Å². The Morgan fingerprint density at radius 3 is 2.76 bits per heavy atom. The highest BCUT2D eigenvalue weighted by atomic mass is 16.1. The Hall–Kier alpha value is -2.43. The highest BCUT2D eigenvalue weighted by molar-refractivity contribution is 5.72. The lowest BCUT2D eigenvalue weighted by Crippen LogP contribution is -2.14. The van der Waals surface area contributed by atoms with E-state index in [0.29, 0.717) is 11.3 Å². The fourth-order valence-corrected chi connectivity index (χ4v) is 1.81. The molecule has 0 aliphatic rings. The van der Waals surface area contributed by atoms with E-state index in [2.05, 4.69) is 15.3 Å². The predicted molar refractivity (Wildman–Crippen MR) is 63.8 cm³/mol. The summed E-state index contributed by atoms with van der Waals surface area (Å²) >= 11 is 0. The topological polar surface area (TPSA) is 63.1 Å². The second-order valence-corrected chi connectivity index (χ2v) is 3.86. The minimum atomic E-state index is -0.175. The van der Waals surface area contributed by atoms with Crippen LogP contribution >= 0.6 is 0 Å². The van der Waals surface area contributed by atoms with Gasteiger partial charge in [0.05, 0.1) is 0 Å². The molecule has 2 heterocycles. The number of aryl methyl sites for hydroxylation is 1. The standard InChI is InChI=1S/C12H10N4O/c1-8-7-10(17)16-12(13-8)11(14-15-16)9-5-3-2-4-6-9/h2-7,13H,1H3. The first kappa shape index (κ1) is 9.77. The highest BCUT2D eigenvalue weighted by Gasteiger charge is 2.10. The van der Waals surface area contributed by atoms with E-state index in [1.165, 1.54) is 10.6 Å². The molecule has 0 saturated carbocycles. The number of nitrogens with one attached hydrogen (secondary N) is 1. The molecule has 17 heavy (non-hydrogen) atoms. The lowest BCUT2D eigenvalue weighted by molar-refractivity contribution is 0.816. The Bertz CT molecular complexity index is 727. The molecule has 0 aliphatic carbocycles. The van der Waals surface area contributed by atoms with Crippen LogP contribution in [0.3, 0.4) is 0 Å².